The smallest absolute Gasteiger partial charge is 0.332 e. The highest BCUT2D eigenvalue weighted by Gasteiger charge is 2.23. The lowest BCUT2D eigenvalue weighted by Crippen LogP contribution is -2.23. The summed E-state index contributed by atoms with van der Waals surface area (Å²) >= 11 is 0. The Balaban J connectivity index is 2.36. The van der Waals surface area contributed by atoms with Crippen LogP contribution in [0.25, 0.3) is 0 Å². The maximum atomic E-state index is 13.0. The molecule has 21 heavy (non-hydrogen) atoms. The van der Waals surface area contributed by atoms with E-state index in [1.54, 1.807) is 12.1 Å². The zero-order chi connectivity index (χ0) is 15.4. The number of halogens is 1. The highest BCUT2D eigenvalue weighted by atomic mass is 19.1. The second-order valence-corrected chi connectivity index (χ2v) is 4.97. The molecule has 1 unspecified atom stereocenters. The molecule has 0 saturated heterocycles. The van der Waals surface area contributed by atoms with Crippen molar-refractivity contribution in [3.63, 3.8) is 0 Å². The number of anilines is 1. The van der Waals surface area contributed by atoms with Crippen LogP contribution in [0.15, 0.2) is 42.5 Å². The van der Waals surface area contributed by atoms with Crippen molar-refractivity contribution in [3.05, 3.63) is 65.0 Å². The molecule has 0 amide bonds. The Morgan fingerprint density at radius 3 is 2.43 bits per heavy atom. The molecule has 4 heteroatoms. The first-order valence-electron chi connectivity index (χ1n) is 6.68. The monoisotopic (exact) mass is 287 g/mol. The van der Waals surface area contributed by atoms with Gasteiger partial charge in [-0.05, 0) is 49.2 Å². The van der Waals surface area contributed by atoms with Gasteiger partial charge in [0.15, 0.2) is 6.04 Å². The van der Waals surface area contributed by atoms with Crippen LogP contribution in [0.3, 0.4) is 0 Å². The Kier molecular flexibility index (Phi) is 4.58. The Hall–Kier alpha value is -2.36. The van der Waals surface area contributed by atoms with Crippen LogP contribution in [-0.4, -0.2) is 13.1 Å². The highest BCUT2D eigenvalue weighted by molar-refractivity contribution is 5.81. The summed E-state index contributed by atoms with van der Waals surface area (Å²) in [6, 6.07) is 11.2. The largest absolute Gasteiger partial charge is 0.467 e. The van der Waals surface area contributed by atoms with Gasteiger partial charge >= 0.3 is 5.97 Å². The minimum Gasteiger partial charge on any atom is -0.467 e. The molecule has 0 aliphatic rings. The predicted molar refractivity (Wildman–Crippen MR) is 80.7 cm³/mol. The van der Waals surface area contributed by atoms with Crippen molar-refractivity contribution < 1.29 is 13.9 Å². The SMILES string of the molecule is COC(=O)C(Nc1ccc(F)cc1)c1cc(C)ccc1C. The van der Waals surface area contributed by atoms with Gasteiger partial charge in [0.05, 0.1) is 7.11 Å². The van der Waals surface area contributed by atoms with Crippen molar-refractivity contribution >= 4 is 11.7 Å². The maximum Gasteiger partial charge on any atom is 0.332 e. The average molecular weight is 287 g/mol. The van der Waals surface area contributed by atoms with E-state index in [9.17, 15) is 9.18 Å². The zero-order valence-electron chi connectivity index (χ0n) is 12.3. The normalized spacial score (nSPS) is 11.8. The third-order valence-corrected chi connectivity index (χ3v) is 3.34. The molecule has 1 atom stereocenters. The van der Waals surface area contributed by atoms with Crippen molar-refractivity contribution in [2.75, 3.05) is 12.4 Å². The maximum absolute atomic E-state index is 13.0. The average Bonchev–Trinajstić information content (AvgIpc) is 2.48. The molecular formula is C17H18FNO2. The van der Waals surface area contributed by atoms with E-state index in [1.165, 1.54) is 19.2 Å². The number of esters is 1. The van der Waals surface area contributed by atoms with E-state index >= 15 is 0 Å². The van der Waals surface area contributed by atoms with Crippen molar-refractivity contribution in [2.24, 2.45) is 0 Å². The first-order valence-corrected chi connectivity index (χ1v) is 6.68. The van der Waals surface area contributed by atoms with Gasteiger partial charge in [0.25, 0.3) is 0 Å². The fourth-order valence-corrected chi connectivity index (χ4v) is 2.17. The summed E-state index contributed by atoms with van der Waals surface area (Å²) in [5.74, 6) is -0.699. The van der Waals surface area contributed by atoms with E-state index in [1.807, 2.05) is 32.0 Å². The Morgan fingerprint density at radius 2 is 1.81 bits per heavy atom. The minimum atomic E-state index is -0.625. The molecule has 1 N–H and O–H groups in total. The first-order chi connectivity index (χ1) is 10.0. The molecule has 2 aromatic rings. The van der Waals surface area contributed by atoms with E-state index < -0.39 is 6.04 Å². The van der Waals surface area contributed by atoms with Gasteiger partial charge in [-0.2, -0.15) is 0 Å². The summed E-state index contributed by atoms with van der Waals surface area (Å²) < 4.78 is 17.9. The zero-order valence-corrected chi connectivity index (χ0v) is 12.3. The lowest BCUT2D eigenvalue weighted by molar-refractivity contribution is -0.141. The van der Waals surface area contributed by atoms with Crippen LogP contribution in [0, 0.1) is 19.7 Å². The lowest BCUT2D eigenvalue weighted by Gasteiger charge is -2.20. The molecule has 0 spiro atoms. The summed E-state index contributed by atoms with van der Waals surface area (Å²) in [6.07, 6.45) is 0. The van der Waals surface area contributed by atoms with Gasteiger partial charge in [0, 0.05) is 5.69 Å². The number of benzene rings is 2. The summed E-state index contributed by atoms with van der Waals surface area (Å²) in [5.41, 5.74) is 3.56. The molecule has 0 fully saturated rings. The number of carbonyl (C=O) groups excluding carboxylic acids is 1. The highest BCUT2D eigenvalue weighted by Crippen LogP contribution is 2.25. The first kappa shape index (κ1) is 15.0. The number of hydrogen-bond acceptors (Lipinski definition) is 3. The molecule has 0 radical (unpaired) electrons. The number of methoxy groups -OCH3 is 1. The molecule has 0 aliphatic heterocycles. The van der Waals surface area contributed by atoms with E-state index in [0.29, 0.717) is 5.69 Å². The van der Waals surface area contributed by atoms with Crippen LogP contribution in [0.2, 0.25) is 0 Å². The van der Waals surface area contributed by atoms with Crippen LogP contribution in [-0.2, 0) is 9.53 Å². The topological polar surface area (TPSA) is 38.3 Å². The minimum absolute atomic E-state index is 0.318. The Bertz CT molecular complexity index is 638. The quantitative estimate of drug-likeness (QED) is 0.870. The molecule has 3 nitrogen and oxygen atoms in total. The fourth-order valence-electron chi connectivity index (χ4n) is 2.17. The molecule has 0 heterocycles. The number of hydrogen-bond donors (Lipinski definition) is 1. The van der Waals surface area contributed by atoms with Crippen LogP contribution >= 0.6 is 0 Å². The third kappa shape index (κ3) is 3.60. The van der Waals surface area contributed by atoms with Gasteiger partial charge in [-0.25, -0.2) is 9.18 Å². The summed E-state index contributed by atoms with van der Waals surface area (Å²) in [7, 11) is 1.35. The molecule has 0 aromatic heterocycles. The lowest BCUT2D eigenvalue weighted by atomic mass is 9.98. The molecule has 0 bridgehead atoms. The second kappa shape index (κ2) is 6.39. The number of carbonyl (C=O) groups is 1. The summed E-state index contributed by atoms with van der Waals surface area (Å²) in [6.45, 7) is 3.91. The van der Waals surface area contributed by atoms with Gasteiger partial charge in [0.1, 0.15) is 5.82 Å². The van der Waals surface area contributed by atoms with Gasteiger partial charge in [-0.15, -0.1) is 0 Å². The second-order valence-electron chi connectivity index (χ2n) is 4.97. The van der Waals surface area contributed by atoms with E-state index in [2.05, 4.69) is 5.32 Å². The molecule has 110 valence electrons. The Morgan fingerprint density at radius 1 is 1.14 bits per heavy atom. The number of rotatable bonds is 4. The van der Waals surface area contributed by atoms with Crippen molar-refractivity contribution in [3.8, 4) is 0 Å². The van der Waals surface area contributed by atoms with E-state index in [0.717, 1.165) is 16.7 Å². The number of aryl methyl sites for hydroxylation is 2. The molecule has 2 aromatic carbocycles. The van der Waals surface area contributed by atoms with Crippen molar-refractivity contribution in [1.82, 2.24) is 0 Å². The molecular weight excluding hydrogens is 269 g/mol. The number of nitrogens with one attached hydrogen (secondary N) is 1. The molecule has 0 saturated carbocycles. The van der Waals surface area contributed by atoms with Gasteiger partial charge in [-0.1, -0.05) is 23.8 Å². The van der Waals surface area contributed by atoms with Gasteiger partial charge in [-0.3, -0.25) is 0 Å². The van der Waals surface area contributed by atoms with Crippen LogP contribution in [0.5, 0.6) is 0 Å². The Labute approximate surface area is 123 Å². The number of ether oxygens (including phenoxy) is 1. The fraction of sp³-hybridized carbons (Fsp3) is 0.235. The van der Waals surface area contributed by atoms with E-state index in [4.69, 9.17) is 4.74 Å². The van der Waals surface area contributed by atoms with Crippen LogP contribution in [0.4, 0.5) is 10.1 Å². The van der Waals surface area contributed by atoms with Crippen LogP contribution < -0.4 is 5.32 Å². The van der Waals surface area contributed by atoms with Crippen molar-refractivity contribution in [2.45, 2.75) is 19.9 Å². The summed E-state index contributed by atoms with van der Waals surface area (Å²) in [5, 5.41) is 3.10. The predicted octanol–water partition coefficient (Wildman–Crippen LogP) is 3.77. The summed E-state index contributed by atoms with van der Waals surface area (Å²) in [4.78, 5) is 12.1. The molecule has 2 rings (SSSR count). The van der Waals surface area contributed by atoms with Crippen LogP contribution in [0.1, 0.15) is 22.7 Å². The van der Waals surface area contributed by atoms with Gasteiger partial charge in [0.2, 0.25) is 0 Å². The standard InChI is InChI=1S/C17H18FNO2/c1-11-4-5-12(2)15(10-11)16(17(20)21-3)19-14-8-6-13(18)7-9-14/h4-10,16,19H,1-3H3. The third-order valence-electron chi connectivity index (χ3n) is 3.34. The van der Waals surface area contributed by atoms with Crippen molar-refractivity contribution in [1.29, 1.82) is 0 Å². The van der Waals surface area contributed by atoms with Gasteiger partial charge < -0.3 is 10.1 Å². The van der Waals surface area contributed by atoms with E-state index in [-0.39, 0.29) is 11.8 Å². The molecule has 0 aliphatic carbocycles.